The average molecular weight is 456 g/mol. The minimum absolute atomic E-state index is 0.0894. The number of rotatable bonds is 7. The number of hydrogen-bond acceptors (Lipinski definition) is 5. The molecule has 0 aliphatic carbocycles. The topological polar surface area (TPSA) is 80.2 Å². The van der Waals surface area contributed by atoms with Crippen LogP contribution in [-0.2, 0) is 0 Å². The number of nitrogens with two attached hydrogens (primary N) is 2. The number of aromatic nitrogens is 1. The first kappa shape index (κ1) is 24.1. The average Bonchev–Trinajstić information content (AvgIpc) is 2.78. The summed E-state index contributed by atoms with van der Waals surface area (Å²) < 4.78 is 42.4. The van der Waals surface area contributed by atoms with Gasteiger partial charge in [0.05, 0.1) is 40.1 Å². The van der Waals surface area contributed by atoms with E-state index in [1.54, 1.807) is 6.08 Å². The highest BCUT2D eigenvalue weighted by molar-refractivity contribution is 5.74. The van der Waals surface area contributed by atoms with Crippen molar-refractivity contribution < 1.29 is 13.2 Å². The third-order valence-electron chi connectivity index (χ3n) is 5.43. The smallest absolute Gasteiger partial charge is 0.135 e. The molecule has 5 N–H and O–H groups in total. The lowest BCUT2D eigenvalue weighted by Crippen LogP contribution is -2.49. The van der Waals surface area contributed by atoms with E-state index in [0.717, 1.165) is 17.8 Å². The summed E-state index contributed by atoms with van der Waals surface area (Å²) in [5.74, 6) is -1.46. The molecular formula is C25H28F3N5. The van der Waals surface area contributed by atoms with Gasteiger partial charge in [0, 0.05) is 13.1 Å². The van der Waals surface area contributed by atoms with Gasteiger partial charge < -0.3 is 21.7 Å². The molecular weight excluding hydrogens is 427 g/mol. The Morgan fingerprint density at radius 1 is 1.24 bits per heavy atom. The van der Waals surface area contributed by atoms with E-state index in [0.29, 0.717) is 30.9 Å². The molecule has 174 valence electrons. The fraction of sp³-hybridized carbons (Fsp3) is 0.240. The van der Waals surface area contributed by atoms with Gasteiger partial charge in [0.15, 0.2) is 0 Å². The first-order valence-corrected chi connectivity index (χ1v) is 10.6. The molecule has 1 aromatic carbocycles. The maximum Gasteiger partial charge on any atom is 0.135 e. The molecule has 0 bridgehead atoms. The third-order valence-corrected chi connectivity index (χ3v) is 5.43. The van der Waals surface area contributed by atoms with Crippen LogP contribution in [0.2, 0.25) is 0 Å². The number of hydrogen-bond donors (Lipinski definition) is 3. The molecule has 3 rings (SSSR count). The Balaban J connectivity index is 1.96. The first-order chi connectivity index (χ1) is 15.8. The molecule has 2 aromatic rings. The standard InChI is InChI=1S/C25H28F3N5/c1-4-7-23(33-13-12-16(26)20(30)14-33)21(5-2)31-15(3)25-19(29)10-11-22(32-25)24-17(27)8-6-9-18(24)28/h4-11,16,20,31H,2-3,12-14,29-30H2,1H3/b7-4-,23-21-/t16-,20-/m1/s1. The number of alkyl halides is 1. The van der Waals surface area contributed by atoms with Crippen LogP contribution in [0.1, 0.15) is 19.0 Å². The van der Waals surface area contributed by atoms with Crippen molar-refractivity contribution in [2.75, 3.05) is 18.8 Å². The Morgan fingerprint density at radius 3 is 2.55 bits per heavy atom. The fourth-order valence-electron chi connectivity index (χ4n) is 3.73. The highest BCUT2D eigenvalue weighted by Crippen LogP contribution is 2.28. The molecule has 2 atom stereocenters. The molecule has 0 unspecified atom stereocenters. The van der Waals surface area contributed by atoms with Gasteiger partial charge in [-0.3, -0.25) is 0 Å². The van der Waals surface area contributed by atoms with Gasteiger partial charge in [-0.1, -0.05) is 25.3 Å². The highest BCUT2D eigenvalue weighted by Gasteiger charge is 2.27. The summed E-state index contributed by atoms with van der Waals surface area (Å²) >= 11 is 0. The van der Waals surface area contributed by atoms with Crippen molar-refractivity contribution in [3.8, 4) is 11.3 Å². The van der Waals surface area contributed by atoms with Crippen molar-refractivity contribution >= 4 is 11.4 Å². The van der Waals surface area contributed by atoms with E-state index in [1.165, 1.54) is 18.2 Å². The lowest BCUT2D eigenvalue weighted by Gasteiger charge is -2.36. The maximum absolute atomic E-state index is 14.3. The summed E-state index contributed by atoms with van der Waals surface area (Å²) in [5, 5.41) is 3.15. The minimum Gasteiger partial charge on any atom is -0.397 e. The van der Waals surface area contributed by atoms with E-state index in [2.05, 4.69) is 23.5 Å². The van der Waals surface area contributed by atoms with Crippen LogP contribution in [0.5, 0.6) is 0 Å². The number of nitrogen functional groups attached to an aromatic ring is 1. The number of halogens is 3. The predicted molar refractivity (Wildman–Crippen MR) is 127 cm³/mol. The molecule has 0 spiro atoms. The van der Waals surface area contributed by atoms with Gasteiger partial charge in [-0.05, 0) is 49.8 Å². The number of anilines is 1. The second kappa shape index (κ2) is 10.4. The van der Waals surface area contributed by atoms with Crippen molar-refractivity contribution in [2.24, 2.45) is 5.73 Å². The summed E-state index contributed by atoms with van der Waals surface area (Å²) in [7, 11) is 0. The zero-order chi connectivity index (χ0) is 24.1. The number of pyridine rings is 1. The molecule has 33 heavy (non-hydrogen) atoms. The number of allylic oxidation sites excluding steroid dienone is 3. The van der Waals surface area contributed by atoms with Crippen LogP contribution >= 0.6 is 0 Å². The van der Waals surface area contributed by atoms with Crippen LogP contribution in [-0.4, -0.2) is 35.2 Å². The molecule has 0 radical (unpaired) electrons. The Morgan fingerprint density at radius 2 is 1.94 bits per heavy atom. The highest BCUT2D eigenvalue weighted by atomic mass is 19.1. The van der Waals surface area contributed by atoms with Crippen molar-refractivity contribution in [1.82, 2.24) is 15.2 Å². The van der Waals surface area contributed by atoms with Crippen molar-refractivity contribution in [3.05, 3.63) is 90.4 Å². The third kappa shape index (κ3) is 5.28. The van der Waals surface area contributed by atoms with E-state index >= 15 is 0 Å². The fourth-order valence-corrected chi connectivity index (χ4v) is 3.73. The SMILES string of the molecule is C=C/C(NC(=C)c1nc(-c2c(F)cccc2F)ccc1N)=C(\C=C/C)N1CC[C@@H](F)[C@H](N)C1. The monoisotopic (exact) mass is 455 g/mol. The second-order valence-corrected chi connectivity index (χ2v) is 7.75. The molecule has 1 aliphatic heterocycles. The number of likely N-dealkylation sites (tertiary alicyclic amines) is 1. The van der Waals surface area contributed by atoms with Crippen LogP contribution in [0.4, 0.5) is 18.9 Å². The normalized spacial score (nSPS) is 19.4. The Labute approximate surface area is 192 Å². The second-order valence-electron chi connectivity index (χ2n) is 7.75. The Bertz CT molecular complexity index is 1090. The van der Waals surface area contributed by atoms with Crippen molar-refractivity contribution in [1.29, 1.82) is 0 Å². The van der Waals surface area contributed by atoms with Crippen molar-refractivity contribution in [2.45, 2.75) is 25.6 Å². The lowest BCUT2D eigenvalue weighted by atomic mass is 10.0. The molecule has 1 aliphatic rings. The predicted octanol–water partition coefficient (Wildman–Crippen LogP) is 4.51. The zero-order valence-corrected chi connectivity index (χ0v) is 18.5. The summed E-state index contributed by atoms with van der Waals surface area (Å²) in [5.41, 5.74) is 14.1. The molecule has 1 fully saturated rings. The molecule has 2 heterocycles. The van der Waals surface area contributed by atoms with Crippen LogP contribution < -0.4 is 16.8 Å². The summed E-state index contributed by atoms with van der Waals surface area (Å²) in [4.78, 5) is 6.34. The molecule has 1 saturated heterocycles. The molecule has 8 heteroatoms. The van der Waals surface area contributed by atoms with Gasteiger partial charge >= 0.3 is 0 Å². The summed E-state index contributed by atoms with van der Waals surface area (Å²) in [6.45, 7) is 10.6. The molecule has 0 amide bonds. The first-order valence-electron chi connectivity index (χ1n) is 10.6. The summed E-state index contributed by atoms with van der Waals surface area (Å²) in [6.07, 6.45) is 4.59. The van der Waals surface area contributed by atoms with E-state index in [9.17, 15) is 13.2 Å². The Kier molecular flexibility index (Phi) is 7.60. The summed E-state index contributed by atoms with van der Waals surface area (Å²) in [6, 6.07) is 5.98. The number of nitrogens with one attached hydrogen (secondary N) is 1. The van der Waals surface area contributed by atoms with Crippen LogP contribution in [0.25, 0.3) is 17.0 Å². The van der Waals surface area contributed by atoms with Gasteiger partial charge in [-0.25, -0.2) is 18.2 Å². The minimum atomic E-state index is -1.05. The lowest BCUT2D eigenvalue weighted by molar-refractivity contribution is 0.155. The van der Waals surface area contributed by atoms with E-state index in [-0.39, 0.29) is 22.6 Å². The van der Waals surface area contributed by atoms with E-state index < -0.39 is 23.8 Å². The van der Waals surface area contributed by atoms with Crippen LogP contribution in [0.15, 0.2) is 73.1 Å². The molecule has 5 nitrogen and oxygen atoms in total. The van der Waals surface area contributed by atoms with Crippen LogP contribution in [0.3, 0.4) is 0 Å². The molecule has 0 saturated carbocycles. The Hall–Kier alpha value is -3.52. The quantitative estimate of drug-likeness (QED) is 0.535. The van der Waals surface area contributed by atoms with Gasteiger partial charge in [0.2, 0.25) is 0 Å². The van der Waals surface area contributed by atoms with Gasteiger partial charge in [0.25, 0.3) is 0 Å². The van der Waals surface area contributed by atoms with Crippen LogP contribution in [0, 0.1) is 11.6 Å². The number of benzene rings is 1. The largest absolute Gasteiger partial charge is 0.397 e. The number of nitrogens with zero attached hydrogens (tertiary/aromatic N) is 2. The van der Waals surface area contributed by atoms with Gasteiger partial charge in [-0.15, -0.1) is 0 Å². The van der Waals surface area contributed by atoms with Gasteiger partial charge in [0.1, 0.15) is 23.5 Å². The van der Waals surface area contributed by atoms with E-state index in [1.807, 2.05) is 24.0 Å². The zero-order valence-electron chi connectivity index (χ0n) is 18.5. The van der Waals surface area contributed by atoms with Gasteiger partial charge in [-0.2, -0.15) is 0 Å². The molecule has 1 aromatic heterocycles. The van der Waals surface area contributed by atoms with Crippen molar-refractivity contribution in [3.63, 3.8) is 0 Å². The maximum atomic E-state index is 14.3. The number of piperidine rings is 1. The van der Waals surface area contributed by atoms with E-state index in [4.69, 9.17) is 11.5 Å².